The summed E-state index contributed by atoms with van der Waals surface area (Å²) in [5.41, 5.74) is 3.24. The average Bonchev–Trinajstić information content (AvgIpc) is 2.71. The molecule has 2 aliphatic rings. The van der Waals surface area contributed by atoms with E-state index in [0.29, 0.717) is 13.1 Å². The van der Waals surface area contributed by atoms with Crippen LogP contribution in [-0.4, -0.2) is 37.7 Å². The number of hydrogen-bond acceptors (Lipinski definition) is 4. The number of fused-ring (bicyclic) bond motifs is 1. The number of ether oxygens (including phenoxy) is 1. The first-order chi connectivity index (χ1) is 10.6. The van der Waals surface area contributed by atoms with Crippen molar-refractivity contribution in [2.75, 3.05) is 29.9 Å². The summed E-state index contributed by atoms with van der Waals surface area (Å²) in [4.78, 5) is 24.6. The molecule has 2 N–H and O–H groups in total. The first-order valence-electron chi connectivity index (χ1n) is 7.73. The lowest BCUT2D eigenvalue weighted by Gasteiger charge is -2.16. The zero-order valence-corrected chi connectivity index (χ0v) is 12.7. The lowest BCUT2D eigenvalue weighted by atomic mass is 10.1. The molecule has 22 heavy (non-hydrogen) atoms. The summed E-state index contributed by atoms with van der Waals surface area (Å²) >= 11 is 0. The third-order valence-corrected chi connectivity index (χ3v) is 4.05. The molecule has 1 fully saturated rings. The summed E-state index contributed by atoms with van der Waals surface area (Å²) < 4.78 is 5.30. The van der Waals surface area contributed by atoms with Crippen molar-refractivity contribution in [3.63, 3.8) is 0 Å². The van der Waals surface area contributed by atoms with Gasteiger partial charge in [-0.2, -0.15) is 0 Å². The van der Waals surface area contributed by atoms with Crippen LogP contribution in [0.2, 0.25) is 0 Å². The topological polar surface area (TPSA) is 70.7 Å². The van der Waals surface area contributed by atoms with Crippen LogP contribution in [0.3, 0.4) is 0 Å². The molecule has 0 radical (unpaired) electrons. The van der Waals surface area contributed by atoms with Gasteiger partial charge in [0.15, 0.2) is 0 Å². The number of carbonyl (C=O) groups excluding carboxylic acids is 2. The third-order valence-electron chi connectivity index (χ3n) is 4.05. The van der Waals surface area contributed by atoms with Gasteiger partial charge in [0, 0.05) is 24.8 Å². The van der Waals surface area contributed by atoms with Crippen molar-refractivity contribution >= 4 is 23.4 Å². The van der Waals surface area contributed by atoms with Gasteiger partial charge in [-0.3, -0.25) is 9.69 Å². The number of aryl methyl sites for hydroxylation is 1. The third kappa shape index (κ3) is 3.16. The minimum Gasteiger partial charge on any atom is -0.442 e. The number of anilines is 2. The highest BCUT2D eigenvalue weighted by atomic mass is 16.6. The van der Waals surface area contributed by atoms with Gasteiger partial charge >= 0.3 is 6.09 Å². The molecule has 0 aliphatic carbocycles. The summed E-state index contributed by atoms with van der Waals surface area (Å²) in [6.07, 6.45) is 2.75. The standard InChI is InChI=1S/C16H21N3O3/c1-11(20)18-9-14-10-19(16(21)22-14)13-6-5-12-4-2-3-7-17-15(12)8-13/h5-6,8,14,17H,2-4,7,9-10H2,1H3,(H,18,20)/t14-/m0/s1. The molecule has 1 saturated heterocycles. The Balaban J connectivity index is 1.72. The van der Waals surface area contributed by atoms with Crippen molar-refractivity contribution in [3.8, 4) is 0 Å². The Morgan fingerprint density at radius 2 is 2.32 bits per heavy atom. The maximum Gasteiger partial charge on any atom is 0.414 e. The quantitative estimate of drug-likeness (QED) is 0.894. The zero-order chi connectivity index (χ0) is 15.5. The van der Waals surface area contributed by atoms with Crippen LogP contribution in [0.25, 0.3) is 0 Å². The molecule has 6 nitrogen and oxygen atoms in total. The van der Waals surface area contributed by atoms with Crippen molar-refractivity contribution in [1.82, 2.24) is 5.32 Å². The second-order valence-corrected chi connectivity index (χ2v) is 5.78. The molecule has 3 rings (SSSR count). The van der Waals surface area contributed by atoms with Gasteiger partial charge in [0.05, 0.1) is 13.1 Å². The van der Waals surface area contributed by atoms with Gasteiger partial charge < -0.3 is 15.4 Å². The van der Waals surface area contributed by atoms with E-state index in [9.17, 15) is 9.59 Å². The minimum atomic E-state index is -0.357. The zero-order valence-electron chi connectivity index (χ0n) is 12.7. The highest BCUT2D eigenvalue weighted by Crippen LogP contribution is 2.29. The normalized spacial score (nSPS) is 20.7. The number of carbonyl (C=O) groups is 2. The van der Waals surface area contributed by atoms with Crippen molar-refractivity contribution in [2.45, 2.75) is 32.3 Å². The van der Waals surface area contributed by atoms with Gasteiger partial charge in [-0.15, -0.1) is 0 Å². The van der Waals surface area contributed by atoms with E-state index in [1.165, 1.54) is 18.9 Å². The Kier molecular flexibility index (Phi) is 4.18. The van der Waals surface area contributed by atoms with E-state index in [1.54, 1.807) is 4.90 Å². The van der Waals surface area contributed by atoms with Gasteiger partial charge in [-0.25, -0.2) is 4.79 Å². The summed E-state index contributed by atoms with van der Waals surface area (Å²) in [5, 5.41) is 6.10. The van der Waals surface area contributed by atoms with Gasteiger partial charge in [-0.05, 0) is 37.0 Å². The van der Waals surface area contributed by atoms with Gasteiger partial charge in [0.1, 0.15) is 6.10 Å². The molecule has 1 atom stereocenters. The van der Waals surface area contributed by atoms with Crippen LogP contribution in [0.4, 0.5) is 16.2 Å². The Morgan fingerprint density at radius 3 is 3.14 bits per heavy atom. The number of cyclic esters (lactones) is 1. The molecule has 0 unspecified atom stereocenters. The molecule has 0 saturated carbocycles. The highest BCUT2D eigenvalue weighted by Gasteiger charge is 2.32. The Morgan fingerprint density at radius 1 is 1.45 bits per heavy atom. The number of nitrogens with zero attached hydrogens (tertiary/aromatic N) is 1. The molecule has 2 amide bonds. The van der Waals surface area contributed by atoms with Crippen molar-refractivity contribution in [1.29, 1.82) is 0 Å². The largest absolute Gasteiger partial charge is 0.442 e. The fraction of sp³-hybridized carbons (Fsp3) is 0.500. The molecule has 0 aromatic heterocycles. The number of nitrogens with one attached hydrogen (secondary N) is 2. The van der Waals surface area contributed by atoms with E-state index >= 15 is 0 Å². The fourth-order valence-electron chi connectivity index (χ4n) is 2.87. The second kappa shape index (κ2) is 6.25. The van der Waals surface area contributed by atoms with Gasteiger partial charge in [0.2, 0.25) is 5.91 Å². The van der Waals surface area contributed by atoms with Crippen LogP contribution in [0.15, 0.2) is 18.2 Å². The molecule has 1 aromatic carbocycles. The minimum absolute atomic E-state index is 0.122. The van der Waals surface area contributed by atoms with E-state index < -0.39 is 0 Å². The fourth-order valence-corrected chi connectivity index (χ4v) is 2.87. The molecule has 6 heteroatoms. The van der Waals surface area contributed by atoms with Crippen molar-refractivity contribution in [3.05, 3.63) is 23.8 Å². The molecule has 0 spiro atoms. The van der Waals surface area contributed by atoms with Crippen LogP contribution >= 0.6 is 0 Å². The first kappa shape index (κ1) is 14.7. The first-order valence-corrected chi connectivity index (χ1v) is 7.73. The van der Waals surface area contributed by atoms with Crippen molar-refractivity contribution < 1.29 is 14.3 Å². The second-order valence-electron chi connectivity index (χ2n) is 5.78. The summed E-state index contributed by atoms with van der Waals surface area (Å²) in [6.45, 7) is 3.22. The molecule has 118 valence electrons. The molecule has 1 aromatic rings. The van der Waals surface area contributed by atoms with Gasteiger partial charge in [0.25, 0.3) is 0 Å². The lowest BCUT2D eigenvalue weighted by Crippen LogP contribution is -2.33. The summed E-state index contributed by atoms with van der Waals surface area (Å²) in [6, 6.07) is 6.06. The number of rotatable bonds is 3. The Hall–Kier alpha value is -2.24. The molecule has 2 heterocycles. The molecular formula is C16H21N3O3. The molecule has 0 bridgehead atoms. The highest BCUT2D eigenvalue weighted by molar-refractivity contribution is 5.90. The maximum absolute atomic E-state index is 12.0. The van der Waals surface area contributed by atoms with Crippen molar-refractivity contribution in [2.24, 2.45) is 0 Å². The predicted octanol–water partition coefficient (Wildman–Crippen LogP) is 1.90. The average molecular weight is 303 g/mol. The Labute approximate surface area is 129 Å². The van der Waals surface area contributed by atoms with E-state index in [4.69, 9.17) is 4.74 Å². The smallest absolute Gasteiger partial charge is 0.414 e. The lowest BCUT2D eigenvalue weighted by molar-refractivity contribution is -0.119. The van der Waals surface area contributed by atoms with Crippen LogP contribution in [-0.2, 0) is 16.0 Å². The van der Waals surface area contributed by atoms with E-state index in [1.807, 2.05) is 12.1 Å². The van der Waals surface area contributed by atoms with Crippen LogP contribution < -0.4 is 15.5 Å². The van der Waals surface area contributed by atoms with E-state index in [0.717, 1.165) is 30.8 Å². The SMILES string of the molecule is CC(=O)NC[C@H]1CN(c2ccc3c(c2)NCCCC3)C(=O)O1. The van der Waals surface area contributed by atoms with Crippen LogP contribution in [0, 0.1) is 0 Å². The summed E-state index contributed by atoms with van der Waals surface area (Å²) in [5.74, 6) is -0.122. The van der Waals surface area contributed by atoms with Crippen LogP contribution in [0.1, 0.15) is 25.3 Å². The number of amides is 2. The van der Waals surface area contributed by atoms with Crippen LogP contribution in [0.5, 0.6) is 0 Å². The Bertz CT molecular complexity index is 588. The summed E-state index contributed by atoms with van der Waals surface area (Å²) in [7, 11) is 0. The van der Waals surface area contributed by atoms with E-state index in [2.05, 4.69) is 16.7 Å². The molecule has 2 aliphatic heterocycles. The number of hydrogen-bond donors (Lipinski definition) is 2. The molecular weight excluding hydrogens is 282 g/mol. The number of benzene rings is 1. The maximum atomic E-state index is 12.0. The predicted molar refractivity (Wildman–Crippen MR) is 84.2 cm³/mol. The monoisotopic (exact) mass is 303 g/mol. The van der Waals surface area contributed by atoms with E-state index in [-0.39, 0.29) is 18.1 Å². The van der Waals surface area contributed by atoms with Gasteiger partial charge in [-0.1, -0.05) is 6.07 Å².